The maximum atomic E-state index is 5.51. The highest BCUT2D eigenvalue weighted by Crippen LogP contribution is 2.20. The number of hydrogen-bond acceptors (Lipinski definition) is 2. The molecule has 2 heteroatoms. The molecule has 0 spiro atoms. The first kappa shape index (κ1) is 15.9. The summed E-state index contributed by atoms with van der Waals surface area (Å²) in [7, 11) is 0. The van der Waals surface area contributed by atoms with Gasteiger partial charge in [-0.2, -0.15) is 0 Å². The number of hydrogen-bond donors (Lipinski definition) is 0. The second-order valence-corrected chi connectivity index (χ2v) is 5.71. The van der Waals surface area contributed by atoms with Crippen LogP contribution >= 0.6 is 0 Å². The van der Waals surface area contributed by atoms with Crippen LogP contribution in [0.2, 0.25) is 0 Å². The summed E-state index contributed by atoms with van der Waals surface area (Å²) in [5, 5.41) is 0. The van der Waals surface area contributed by atoms with Crippen molar-refractivity contribution in [3.63, 3.8) is 0 Å². The van der Waals surface area contributed by atoms with Gasteiger partial charge in [-0.25, -0.2) is 9.78 Å². The molecule has 0 rings (SSSR count). The predicted molar refractivity (Wildman–Crippen MR) is 69.1 cm³/mol. The molecule has 0 amide bonds. The molecule has 0 aromatic heterocycles. The standard InChI is InChI=1S/C14H29O2/c1-7-8-9-10-11-13(12(2)3)15-16-14(4,5)6/h13H,7-11H2,1-6H3. The fourth-order valence-electron chi connectivity index (χ4n) is 1.39. The highest BCUT2D eigenvalue weighted by atomic mass is 17.2. The fourth-order valence-corrected chi connectivity index (χ4v) is 1.39. The van der Waals surface area contributed by atoms with Crippen molar-refractivity contribution < 1.29 is 9.78 Å². The summed E-state index contributed by atoms with van der Waals surface area (Å²) in [4.78, 5) is 10.9. The molecule has 1 atom stereocenters. The minimum atomic E-state index is -0.225. The minimum absolute atomic E-state index is 0.149. The highest BCUT2D eigenvalue weighted by molar-refractivity contribution is 4.87. The van der Waals surface area contributed by atoms with Gasteiger partial charge in [-0.1, -0.05) is 46.5 Å². The summed E-state index contributed by atoms with van der Waals surface area (Å²) in [6.07, 6.45) is 6.32. The van der Waals surface area contributed by atoms with E-state index in [1.807, 2.05) is 20.8 Å². The molecule has 2 nitrogen and oxygen atoms in total. The van der Waals surface area contributed by atoms with Crippen molar-refractivity contribution in [2.24, 2.45) is 0 Å². The first-order valence-electron chi connectivity index (χ1n) is 6.51. The highest BCUT2D eigenvalue weighted by Gasteiger charge is 2.19. The summed E-state index contributed by atoms with van der Waals surface area (Å²) in [5.74, 6) is 1.29. The van der Waals surface area contributed by atoms with Gasteiger partial charge < -0.3 is 0 Å². The molecule has 1 unspecified atom stereocenters. The van der Waals surface area contributed by atoms with E-state index < -0.39 is 0 Å². The lowest BCUT2D eigenvalue weighted by Crippen LogP contribution is -2.26. The van der Waals surface area contributed by atoms with Gasteiger partial charge in [-0.05, 0) is 27.2 Å². The summed E-state index contributed by atoms with van der Waals surface area (Å²) in [6.45, 7) is 12.5. The Morgan fingerprint density at radius 3 is 2.12 bits per heavy atom. The van der Waals surface area contributed by atoms with E-state index in [-0.39, 0.29) is 11.7 Å². The Labute approximate surface area is 102 Å². The van der Waals surface area contributed by atoms with Gasteiger partial charge >= 0.3 is 0 Å². The fraction of sp³-hybridized carbons (Fsp3) is 0.929. The lowest BCUT2D eigenvalue weighted by molar-refractivity contribution is -0.370. The monoisotopic (exact) mass is 229 g/mol. The molecule has 0 saturated carbocycles. The van der Waals surface area contributed by atoms with E-state index in [4.69, 9.17) is 9.78 Å². The third-order valence-corrected chi connectivity index (χ3v) is 2.38. The van der Waals surface area contributed by atoms with Crippen molar-refractivity contribution in [1.82, 2.24) is 0 Å². The van der Waals surface area contributed by atoms with Crippen LogP contribution in [-0.4, -0.2) is 11.7 Å². The molecule has 0 aliphatic heterocycles. The molecule has 97 valence electrons. The van der Waals surface area contributed by atoms with Gasteiger partial charge in [-0.15, -0.1) is 0 Å². The van der Waals surface area contributed by atoms with E-state index in [2.05, 4.69) is 20.8 Å². The number of unbranched alkanes of at least 4 members (excludes halogenated alkanes) is 3. The number of rotatable bonds is 8. The molecule has 1 radical (unpaired) electrons. The second kappa shape index (κ2) is 8.08. The van der Waals surface area contributed by atoms with Gasteiger partial charge in [0.15, 0.2) is 0 Å². The lowest BCUT2D eigenvalue weighted by atomic mass is 10.0. The first-order valence-corrected chi connectivity index (χ1v) is 6.51. The van der Waals surface area contributed by atoms with Gasteiger partial charge in [0.05, 0.1) is 11.7 Å². The Morgan fingerprint density at radius 2 is 1.69 bits per heavy atom. The Kier molecular flexibility index (Phi) is 8.04. The minimum Gasteiger partial charge on any atom is -0.232 e. The van der Waals surface area contributed by atoms with E-state index in [9.17, 15) is 0 Å². The molecular weight excluding hydrogens is 200 g/mol. The largest absolute Gasteiger partial charge is 0.232 e. The molecule has 0 bridgehead atoms. The van der Waals surface area contributed by atoms with E-state index in [0.29, 0.717) is 0 Å². The molecule has 0 N–H and O–H groups in total. The summed E-state index contributed by atoms with van der Waals surface area (Å²) in [5.41, 5.74) is -0.225. The summed E-state index contributed by atoms with van der Waals surface area (Å²) >= 11 is 0. The van der Waals surface area contributed by atoms with Crippen LogP contribution in [0.5, 0.6) is 0 Å². The second-order valence-electron chi connectivity index (χ2n) is 5.71. The Hall–Kier alpha value is -0.0800. The van der Waals surface area contributed by atoms with Crippen molar-refractivity contribution in [3.8, 4) is 0 Å². The Bertz CT molecular complexity index is 159. The molecule has 0 heterocycles. The zero-order chi connectivity index (χ0) is 12.6. The van der Waals surface area contributed by atoms with Crippen molar-refractivity contribution in [3.05, 3.63) is 5.92 Å². The Balaban J connectivity index is 3.80. The van der Waals surface area contributed by atoms with Crippen LogP contribution in [0.25, 0.3) is 0 Å². The van der Waals surface area contributed by atoms with Crippen LogP contribution in [-0.2, 0) is 9.78 Å². The van der Waals surface area contributed by atoms with Crippen LogP contribution < -0.4 is 0 Å². The van der Waals surface area contributed by atoms with Gasteiger partial charge in [0.25, 0.3) is 0 Å². The average molecular weight is 229 g/mol. The molecule has 0 saturated heterocycles. The predicted octanol–water partition coefficient (Wildman–Crippen LogP) is 4.69. The smallest absolute Gasteiger partial charge is 0.0987 e. The third kappa shape index (κ3) is 9.17. The van der Waals surface area contributed by atoms with Crippen LogP contribution in [0.1, 0.15) is 73.6 Å². The molecule has 0 aliphatic carbocycles. The van der Waals surface area contributed by atoms with Crippen molar-refractivity contribution in [2.75, 3.05) is 0 Å². The zero-order valence-corrected chi connectivity index (χ0v) is 11.9. The van der Waals surface area contributed by atoms with E-state index in [1.165, 1.54) is 31.6 Å². The van der Waals surface area contributed by atoms with Crippen LogP contribution in [0.4, 0.5) is 0 Å². The van der Waals surface area contributed by atoms with Gasteiger partial charge in [0.2, 0.25) is 0 Å². The topological polar surface area (TPSA) is 18.5 Å². The van der Waals surface area contributed by atoms with Crippen LogP contribution in [0.3, 0.4) is 0 Å². The molecule has 16 heavy (non-hydrogen) atoms. The SMILES string of the molecule is CCCCCCC(OOC(C)(C)C)[C](C)C. The van der Waals surface area contributed by atoms with Gasteiger partial charge in [-0.3, -0.25) is 0 Å². The van der Waals surface area contributed by atoms with Crippen LogP contribution in [0, 0.1) is 5.92 Å². The normalized spacial score (nSPS) is 14.4. The van der Waals surface area contributed by atoms with Crippen molar-refractivity contribution >= 4 is 0 Å². The molecule has 0 aliphatic rings. The van der Waals surface area contributed by atoms with Crippen molar-refractivity contribution in [2.45, 2.75) is 85.4 Å². The molecule has 0 aromatic carbocycles. The maximum Gasteiger partial charge on any atom is 0.0987 e. The Morgan fingerprint density at radius 1 is 1.06 bits per heavy atom. The van der Waals surface area contributed by atoms with Crippen molar-refractivity contribution in [1.29, 1.82) is 0 Å². The van der Waals surface area contributed by atoms with Gasteiger partial charge in [0.1, 0.15) is 0 Å². The molecular formula is C14H29O2. The molecule has 0 fully saturated rings. The maximum absolute atomic E-state index is 5.51. The third-order valence-electron chi connectivity index (χ3n) is 2.38. The summed E-state index contributed by atoms with van der Waals surface area (Å²) < 4.78 is 0. The molecule has 0 aromatic rings. The quantitative estimate of drug-likeness (QED) is 0.341. The zero-order valence-electron chi connectivity index (χ0n) is 11.9. The average Bonchev–Trinajstić information content (AvgIpc) is 2.14. The van der Waals surface area contributed by atoms with Crippen LogP contribution in [0.15, 0.2) is 0 Å². The van der Waals surface area contributed by atoms with E-state index in [1.54, 1.807) is 0 Å². The van der Waals surface area contributed by atoms with Gasteiger partial charge in [0, 0.05) is 5.92 Å². The van der Waals surface area contributed by atoms with E-state index >= 15 is 0 Å². The first-order chi connectivity index (χ1) is 7.37. The summed E-state index contributed by atoms with van der Waals surface area (Å²) in [6, 6.07) is 0. The van der Waals surface area contributed by atoms with E-state index in [0.717, 1.165) is 6.42 Å². The lowest BCUT2D eigenvalue weighted by Gasteiger charge is -2.25.